The number of halogens is 2. The van der Waals surface area contributed by atoms with Crippen LogP contribution in [-0.4, -0.2) is 48.3 Å². The molecule has 3 N–H and O–H groups in total. The minimum absolute atomic E-state index is 0.0617. The van der Waals surface area contributed by atoms with Gasteiger partial charge in [0.2, 0.25) is 0 Å². The minimum Gasteiger partial charge on any atom is -0.395 e. The van der Waals surface area contributed by atoms with E-state index < -0.39 is 0 Å². The number of benzene rings is 1. The van der Waals surface area contributed by atoms with E-state index in [1.165, 1.54) is 12.1 Å². The van der Waals surface area contributed by atoms with Crippen molar-refractivity contribution in [1.82, 2.24) is 15.5 Å². The predicted molar refractivity (Wildman–Crippen MR) is 83.3 cm³/mol. The number of hydrogen-bond acceptors (Lipinski definition) is 3. The van der Waals surface area contributed by atoms with Gasteiger partial charge >= 0.3 is 6.03 Å². The van der Waals surface area contributed by atoms with Crippen molar-refractivity contribution in [3.05, 3.63) is 34.6 Å². The summed E-state index contributed by atoms with van der Waals surface area (Å²) in [7, 11) is 0. The van der Waals surface area contributed by atoms with Crippen LogP contribution in [0.25, 0.3) is 0 Å². The summed E-state index contributed by atoms with van der Waals surface area (Å²) in [6.07, 6.45) is 1.89. The largest absolute Gasteiger partial charge is 0.395 e. The van der Waals surface area contributed by atoms with Gasteiger partial charge in [0.25, 0.3) is 0 Å². The Hall–Kier alpha value is -1.37. The molecule has 2 rings (SSSR count). The maximum atomic E-state index is 13.1. The Bertz CT molecular complexity index is 516. The molecule has 0 bridgehead atoms. The molecule has 1 aromatic carbocycles. The van der Waals surface area contributed by atoms with Crippen LogP contribution < -0.4 is 10.6 Å². The van der Waals surface area contributed by atoms with Crippen molar-refractivity contribution in [2.45, 2.75) is 25.4 Å². The van der Waals surface area contributed by atoms with Crippen LogP contribution in [0.2, 0.25) is 5.02 Å². The first-order valence-electron chi connectivity index (χ1n) is 7.40. The molecule has 1 saturated heterocycles. The van der Waals surface area contributed by atoms with E-state index in [1.54, 1.807) is 6.07 Å². The number of piperidine rings is 1. The van der Waals surface area contributed by atoms with Crippen LogP contribution in [0.5, 0.6) is 0 Å². The maximum Gasteiger partial charge on any atom is 0.315 e. The predicted octanol–water partition coefficient (Wildman–Crippen LogP) is 1.74. The number of carbonyl (C=O) groups is 1. The van der Waals surface area contributed by atoms with Crippen LogP contribution >= 0.6 is 11.6 Å². The Morgan fingerprint density at radius 1 is 1.50 bits per heavy atom. The van der Waals surface area contributed by atoms with E-state index in [1.807, 2.05) is 0 Å². The summed E-state index contributed by atoms with van der Waals surface area (Å²) in [5, 5.41) is 14.6. The van der Waals surface area contributed by atoms with Gasteiger partial charge in [0.15, 0.2) is 0 Å². The first kappa shape index (κ1) is 17.0. The zero-order valence-electron chi connectivity index (χ0n) is 12.3. The second kappa shape index (κ2) is 8.31. The lowest BCUT2D eigenvalue weighted by atomic mass is 10.0. The Morgan fingerprint density at radius 2 is 2.32 bits per heavy atom. The number of amides is 2. The van der Waals surface area contributed by atoms with Crippen LogP contribution in [-0.2, 0) is 6.54 Å². The zero-order valence-corrected chi connectivity index (χ0v) is 13.1. The summed E-state index contributed by atoms with van der Waals surface area (Å²) in [5.74, 6) is -0.340. The number of nitrogens with zero attached hydrogens (tertiary/aromatic N) is 1. The number of aliphatic hydroxyl groups is 1. The third-order valence-electron chi connectivity index (χ3n) is 3.65. The standard InChI is InChI=1S/C15H21ClFN3O2/c16-14-8-12(17)4-3-11(14)9-20-6-1-2-13(10-20)19-15(22)18-5-7-21/h3-4,8,13,21H,1-2,5-7,9-10H2,(H2,18,19,22). The molecule has 122 valence electrons. The van der Waals surface area contributed by atoms with E-state index in [2.05, 4.69) is 15.5 Å². The molecule has 1 fully saturated rings. The molecular formula is C15H21ClFN3O2. The number of nitrogens with one attached hydrogen (secondary N) is 2. The van der Waals surface area contributed by atoms with Gasteiger partial charge in [0, 0.05) is 30.7 Å². The Kier molecular flexibility index (Phi) is 6.42. The molecule has 1 unspecified atom stereocenters. The van der Waals surface area contributed by atoms with Crippen molar-refractivity contribution in [2.75, 3.05) is 26.2 Å². The molecule has 0 aromatic heterocycles. The van der Waals surface area contributed by atoms with Crippen LogP contribution in [0, 0.1) is 5.82 Å². The van der Waals surface area contributed by atoms with Gasteiger partial charge in [-0.2, -0.15) is 0 Å². The lowest BCUT2D eigenvalue weighted by molar-refractivity contribution is 0.179. The first-order valence-corrected chi connectivity index (χ1v) is 7.78. The molecule has 0 saturated carbocycles. The fourth-order valence-corrected chi connectivity index (χ4v) is 2.84. The number of rotatable bonds is 5. The normalized spacial score (nSPS) is 19.0. The fraction of sp³-hybridized carbons (Fsp3) is 0.533. The van der Waals surface area contributed by atoms with Crippen LogP contribution in [0.15, 0.2) is 18.2 Å². The van der Waals surface area contributed by atoms with Gasteiger partial charge in [-0.3, -0.25) is 4.90 Å². The summed E-state index contributed by atoms with van der Waals surface area (Å²) in [6.45, 7) is 2.45. The number of likely N-dealkylation sites (tertiary alicyclic amines) is 1. The van der Waals surface area contributed by atoms with Gasteiger partial charge in [-0.05, 0) is 37.1 Å². The Balaban J connectivity index is 1.86. The van der Waals surface area contributed by atoms with Crippen LogP contribution in [0.3, 0.4) is 0 Å². The Morgan fingerprint density at radius 3 is 3.05 bits per heavy atom. The third-order valence-corrected chi connectivity index (χ3v) is 4.00. The second-order valence-corrected chi connectivity index (χ2v) is 5.84. The van der Waals surface area contributed by atoms with E-state index in [4.69, 9.17) is 16.7 Å². The smallest absolute Gasteiger partial charge is 0.315 e. The number of carbonyl (C=O) groups excluding carboxylic acids is 1. The molecule has 5 nitrogen and oxygen atoms in total. The molecule has 0 radical (unpaired) electrons. The van der Waals surface area contributed by atoms with Gasteiger partial charge in [0.1, 0.15) is 5.82 Å². The lowest BCUT2D eigenvalue weighted by Gasteiger charge is -2.33. The van der Waals surface area contributed by atoms with Gasteiger partial charge in [-0.15, -0.1) is 0 Å². The van der Waals surface area contributed by atoms with Crippen molar-refractivity contribution in [3.8, 4) is 0 Å². The van der Waals surface area contributed by atoms with Crippen molar-refractivity contribution >= 4 is 17.6 Å². The van der Waals surface area contributed by atoms with E-state index >= 15 is 0 Å². The third kappa shape index (κ3) is 5.12. The highest BCUT2D eigenvalue weighted by atomic mass is 35.5. The molecule has 0 spiro atoms. The minimum atomic E-state index is -0.340. The highest BCUT2D eigenvalue weighted by Crippen LogP contribution is 2.21. The van der Waals surface area contributed by atoms with Gasteiger partial charge in [-0.25, -0.2) is 9.18 Å². The van der Waals surface area contributed by atoms with Crippen molar-refractivity contribution in [3.63, 3.8) is 0 Å². The molecule has 1 heterocycles. The molecule has 1 aromatic rings. The highest BCUT2D eigenvalue weighted by Gasteiger charge is 2.21. The van der Waals surface area contributed by atoms with Crippen LogP contribution in [0.4, 0.5) is 9.18 Å². The molecule has 7 heteroatoms. The molecule has 0 aliphatic carbocycles. The summed E-state index contributed by atoms with van der Waals surface area (Å²) >= 11 is 6.06. The quantitative estimate of drug-likeness (QED) is 0.771. The molecule has 1 aliphatic heterocycles. The van der Waals surface area contributed by atoms with Crippen LogP contribution in [0.1, 0.15) is 18.4 Å². The second-order valence-electron chi connectivity index (χ2n) is 5.43. The summed E-state index contributed by atoms with van der Waals surface area (Å²) in [5.41, 5.74) is 0.883. The van der Waals surface area contributed by atoms with Crippen molar-refractivity contribution < 1.29 is 14.3 Å². The zero-order chi connectivity index (χ0) is 15.9. The van der Waals surface area contributed by atoms with Crippen molar-refractivity contribution in [2.24, 2.45) is 0 Å². The first-order chi connectivity index (χ1) is 10.6. The summed E-state index contributed by atoms with van der Waals surface area (Å²) in [4.78, 5) is 13.8. The monoisotopic (exact) mass is 329 g/mol. The molecule has 22 heavy (non-hydrogen) atoms. The lowest BCUT2D eigenvalue weighted by Crippen LogP contribution is -2.50. The van der Waals surface area contributed by atoms with Crippen molar-refractivity contribution in [1.29, 1.82) is 0 Å². The summed E-state index contributed by atoms with van der Waals surface area (Å²) in [6, 6.07) is 4.22. The van der Waals surface area contributed by atoms with E-state index in [0.717, 1.165) is 31.5 Å². The molecule has 2 amide bonds. The van der Waals surface area contributed by atoms with Gasteiger partial charge in [0.05, 0.1) is 6.61 Å². The van der Waals surface area contributed by atoms with E-state index in [-0.39, 0.29) is 31.0 Å². The Labute approximate surface area is 134 Å². The average molecular weight is 330 g/mol. The van der Waals surface area contributed by atoms with Gasteiger partial charge < -0.3 is 15.7 Å². The highest BCUT2D eigenvalue weighted by molar-refractivity contribution is 6.31. The number of aliphatic hydroxyl groups excluding tert-OH is 1. The van der Waals surface area contributed by atoms with E-state index in [9.17, 15) is 9.18 Å². The number of urea groups is 1. The maximum absolute atomic E-state index is 13.1. The average Bonchev–Trinajstić information content (AvgIpc) is 2.48. The summed E-state index contributed by atoms with van der Waals surface area (Å²) < 4.78 is 13.1. The molecule has 1 aliphatic rings. The van der Waals surface area contributed by atoms with E-state index in [0.29, 0.717) is 11.6 Å². The van der Waals surface area contributed by atoms with Gasteiger partial charge in [-0.1, -0.05) is 17.7 Å². The topological polar surface area (TPSA) is 64.6 Å². The SMILES string of the molecule is O=C(NCCO)NC1CCCN(Cc2ccc(F)cc2Cl)C1. The fourth-order valence-electron chi connectivity index (χ4n) is 2.61. The molecule has 1 atom stereocenters. The number of hydrogen-bond donors (Lipinski definition) is 3. The molecular weight excluding hydrogens is 309 g/mol.